The van der Waals surface area contributed by atoms with Gasteiger partial charge in [-0.1, -0.05) is 273 Å². The lowest BCUT2D eigenvalue weighted by atomic mass is 10.1. The number of rotatable bonds is 73. The van der Waals surface area contributed by atoms with Gasteiger partial charge in [0, 0.05) is 25.7 Å². The minimum Gasteiger partial charge on any atom is -0.462 e. The van der Waals surface area contributed by atoms with E-state index in [9.17, 15) is 43.2 Å². The molecule has 19 heteroatoms. The Morgan fingerprint density at radius 2 is 0.531 bits per heavy atom. The van der Waals surface area contributed by atoms with E-state index >= 15 is 0 Å². The van der Waals surface area contributed by atoms with Crippen molar-refractivity contribution in [1.29, 1.82) is 0 Å². The van der Waals surface area contributed by atoms with Crippen molar-refractivity contribution < 1.29 is 80.2 Å². The van der Waals surface area contributed by atoms with Crippen molar-refractivity contribution >= 4 is 39.5 Å². The summed E-state index contributed by atoms with van der Waals surface area (Å²) in [7, 11) is -9.95. The topological polar surface area (TPSA) is 237 Å². The lowest BCUT2D eigenvalue weighted by Gasteiger charge is -2.21. The zero-order chi connectivity index (χ0) is 71.8. The van der Waals surface area contributed by atoms with Crippen LogP contribution in [0.3, 0.4) is 0 Å². The van der Waals surface area contributed by atoms with E-state index in [1.165, 1.54) is 77.0 Å². The van der Waals surface area contributed by atoms with Gasteiger partial charge in [0.15, 0.2) is 12.2 Å². The number of hydrogen-bond donors (Lipinski definition) is 3. The lowest BCUT2D eigenvalue weighted by molar-refractivity contribution is -0.161. The maximum atomic E-state index is 13.1. The van der Waals surface area contributed by atoms with Crippen molar-refractivity contribution in [2.75, 3.05) is 39.6 Å². The smallest absolute Gasteiger partial charge is 0.462 e. The van der Waals surface area contributed by atoms with Crippen LogP contribution >= 0.6 is 15.6 Å². The Hall–Kier alpha value is -3.76. The van der Waals surface area contributed by atoms with Crippen LogP contribution in [0.2, 0.25) is 0 Å². The monoisotopic (exact) mass is 1420 g/mol. The fourth-order valence-corrected chi connectivity index (χ4v) is 12.0. The molecule has 0 aromatic rings. The summed E-state index contributed by atoms with van der Waals surface area (Å²) >= 11 is 0. The predicted octanol–water partition coefficient (Wildman–Crippen LogP) is 22.2. The van der Waals surface area contributed by atoms with Crippen molar-refractivity contribution in [3.8, 4) is 0 Å². The van der Waals surface area contributed by atoms with Gasteiger partial charge in [0.1, 0.15) is 19.3 Å². The van der Waals surface area contributed by atoms with Gasteiger partial charge in [-0.05, 0) is 122 Å². The molecule has 0 spiro atoms. The van der Waals surface area contributed by atoms with Crippen LogP contribution in [0.25, 0.3) is 0 Å². The maximum absolute atomic E-state index is 13.1. The second-order valence-electron chi connectivity index (χ2n) is 25.9. The Morgan fingerprint density at radius 1 is 0.296 bits per heavy atom. The van der Waals surface area contributed by atoms with Crippen molar-refractivity contribution in [1.82, 2.24) is 0 Å². The summed E-state index contributed by atoms with van der Waals surface area (Å²) in [6, 6.07) is 0. The molecule has 98 heavy (non-hydrogen) atoms. The number of hydrogen-bond acceptors (Lipinski definition) is 15. The first-order valence-electron chi connectivity index (χ1n) is 38.8. The molecule has 5 unspecified atom stereocenters. The summed E-state index contributed by atoms with van der Waals surface area (Å²) in [4.78, 5) is 72.8. The highest BCUT2D eigenvalue weighted by Gasteiger charge is 2.30. The number of aliphatic hydroxyl groups excluding tert-OH is 1. The summed E-state index contributed by atoms with van der Waals surface area (Å²) in [5, 5.41) is 10.6. The summed E-state index contributed by atoms with van der Waals surface area (Å²) < 4.78 is 68.5. The average Bonchev–Trinajstić information content (AvgIpc) is 0.986. The minimum atomic E-state index is -4.98. The Kier molecular flexibility index (Phi) is 68.9. The normalized spacial score (nSPS) is 14.4. The van der Waals surface area contributed by atoms with Crippen LogP contribution in [0.15, 0.2) is 85.1 Å². The van der Waals surface area contributed by atoms with Gasteiger partial charge < -0.3 is 33.8 Å². The number of unbranched alkanes of at least 4 members (excludes halogenated alkanes) is 33. The maximum Gasteiger partial charge on any atom is 0.472 e. The first kappa shape index (κ1) is 94.2. The largest absolute Gasteiger partial charge is 0.472 e. The molecule has 0 bridgehead atoms. The van der Waals surface area contributed by atoms with E-state index in [2.05, 4.69) is 113 Å². The SMILES string of the molecule is CC/C=C\C/C=C\C/C=C\CCCCCCCCCC(=O)OCC(COP(=O)(O)OCC(O)COP(=O)(O)OCC(COC(=O)CCCCCCC/C=C\C/C=C\CCCCC)OC(=O)CCCCCCCCCCCCC)OC(=O)CCCCCCC/C=C\C/C=C\CCCCC. The number of carbonyl (C=O) groups is 4. The zero-order valence-electron chi connectivity index (χ0n) is 62.0. The van der Waals surface area contributed by atoms with Crippen LogP contribution in [0.1, 0.15) is 336 Å². The van der Waals surface area contributed by atoms with Gasteiger partial charge in [0.25, 0.3) is 0 Å². The van der Waals surface area contributed by atoms with E-state index in [0.717, 1.165) is 180 Å². The molecule has 0 saturated heterocycles. The highest BCUT2D eigenvalue weighted by atomic mass is 31.2. The zero-order valence-corrected chi connectivity index (χ0v) is 63.7. The van der Waals surface area contributed by atoms with Crippen LogP contribution < -0.4 is 0 Å². The van der Waals surface area contributed by atoms with Crippen molar-refractivity contribution in [3.05, 3.63) is 85.1 Å². The first-order chi connectivity index (χ1) is 47.7. The number of allylic oxidation sites excluding steroid dienone is 14. The molecule has 5 atom stereocenters. The van der Waals surface area contributed by atoms with E-state index in [-0.39, 0.29) is 25.7 Å². The molecule has 0 aromatic carbocycles. The number of carbonyl (C=O) groups excluding carboxylic acids is 4. The standard InChI is InChI=1S/C79H140O17P2/c1-5-9-13-17-21-25-29-32-35-36-39-41-45-48-52-56-60-64-77(82)90-70-75(96-79(84)66-62-58-54-50-46-42-38-34-31-27-23-19-15-11-7-3)72-94-98(87,88)92-68-73(80)67-91-97(85,86)93-71-74(95-78(83)65-61-57-53-49-43-28-24-20-16-12-8-4)69-89-76(81)63-59-55-51-47-44-40-37-33-30-26-22-18-14-10-6-2/h9,13,21-23,25-27,32-35,37-38,73-75,80H,5-8,10-12,14-20,24,28-31,36,39-72H2,1-4H3,(H,85,86)(H,87,88)/b13-9-,25-21-,26-22-,27-23-,35-32-,37-33-,38-34-. The molecule has 0 aliphatic rings. The summed E-state index contributed by atoms with van der Waals surface area (Å²) in [5.41, 5.74) is 0. The number of phosphoric acid groups is 2. The van der Waals surface area contributed by atoms with E-state index in [0.29, 0.717) is 25.7 Å². The van der Waals surface area contributed by atoms with Gasteiger partial charge >= 0.3 is 39.5 Å². The van der Waals surface area contributed by atoms with Crippen LogP contribution in [-0.4, -0.2) is 96.7 Å². The molecule has 0 fully saturated rings. The molecular formula is C79H140O17P2. The number of esters is 4. The van der Waals surface area contributed by atoms with E-state index in [4.69, 9.17) is 37.0 Å². The third-order valence-corrected chi connectivity index (χ3v) is 18.2. The summed E-state index contributed by atoms with van der Waals surface area (Å²) in [6.07, 6.45) is 72.8. The summed E-state index contributed by atoms with van der Waals surface area (Å²) in [6.45, 7) is 4.70. The van der Waals surface area contributed by atoms with Crippen molar-refractivity contribution in [2.45, 2.75) is 354 Å². The third-order valence-electron chi connectivity index (χ3n) is 16.3. The van der Waals surface area contributed by atoms with E-state index < -0.39 is 97.5 Å². The molecule has 0 heterocycles. The Labute approximate surface area is 595 Å². The fraction of sp³-hybridized carbons (Fsp3) is 0.772. The number of phosphoric ester groups is 2. The molecule has 0 aliphatic carbocycles. The molecule has 0 aliphatic heterocycles. The van der Waals surface area contributed by atoms with Crippen LogP contribution in [0.4, 0.5) is 0 Å². The number of aliphatic hydroxyl groups is 1. The van der Waals surface area contributed by atoms with Gasteiger partial charge in [0.05, 0.1) is 26.4 Å². The molecule has 0 radical (unpaired) electrons. The number of ether oxygens (including phenoxy) is 4. The summed E-state index contributed by atoms with van der Waals surface area (Å²) in [5.74, 6) is -2.20. The van der Waals surface area contributed by atoms with Gasteiger partial charge in [-0.15, -0.1) is 0 Å². The molecule has 0 saturated carbocycles. The van der Waals surface area contributed by atoms with Crippen molar-refractivity contribution in [3.63, 3.8) is 0 Å². The third kappa shape index (κ3) is 70.7. The minimum absolute atomic E-state index is 0.0779. The van der Waals surface area contributed by atoms with Gasteiger partial charge in [-0.25, -0.2) is 9.13 Å². The lowest BCUT2D eigenvalue weighted by Crippen LogP contribution is -2.30. The first-order valence-corrected chi connectivity index (χ1v) is 41.8. The fourth-order valence-electron chi connectivity index (χ4n) is 10.4. The Morgan fingerprint density at radius 3 is 0.837 bits per heavy atom. The molecule has 0 rings (SSSR count). The average molecular weight is 1420 g/mol. The van der Waals surface area contributed by atoms with Crippen LogP contribution in [0, 0.1) is 0 Å². The molecule has 3 N–H and O–H groups in total. The highest BCUT2D eigenvalue weighted by Crippen LogP contribution is 2.45. The molecule has 0 aromatic heterocycles. The van der Waals surface area contributed by atoms with Crippen LogP contribution in [-0.2, 0) is 65.4 Å². The highest BCUT2D eigenvalue weighted by molar-refractivity contribution is 7.47. The predicted molar refractivity (Wildman–Crippen MR) is 399 cm³/mol. The quantitative estimate of drug-likeness (QED) is 0.0169. The van der Waals surface area contributed by atoms with Gasteiger partial charge in [-0.2, -0.15) is 0 Å². The van der Waals surface area contributed by atoms with E-state index in [1.807, 2.05) is 0 Å². The van der Waals surface area contributed by atoms with Crippen LogP contribution in [0.5, 0.6) is 0 Å². The van der Waals surface area contributed by atoms with Gasteiger partial charge in [-0.3, -0.25) is 37.3 Å². The second kappa shape index (κ2) is 71.6. The Balaban J connectivity index is 5.33. The van der Waals surface area contributed by atoms with Crippen molar-refractivity contribution in [2.24, 2.45) is 0 Å². The molecule has 0 amide bonds. The molecular weight excluding hydrogens is 1280 g/mol. The van der Waals surface area contributed by atoms with E-state index in [1.54, 1.807) is 0 Å². The Bertz CT molecular complexity index is 2190. The second-order valence-corrected chi connectivity index (χ2v) is 28.8. The molecule has 17 nitrogen and oxygen atoms in total. The molecule has 568 valence electrons. The van der Waals surface area contributed by atoms with Gasteiger partial charge in [0.2, 0.25) is 0 Å².